The Hall–Kier alpha value is -0.800. The second kappa shape index (κ2) is 3.94. The van der Waals surface area contributed by atoms with E-state index < -0.39 is 11.8 Å². The summed E-state index contributed by atoms with van der Waals surface area (Å²) >= 11 is 11.2. The third kappa shape index (κ3) is 2.32. The van der Waals surface area contributed by atoms with Gasteiger partial charge in [-0.3, -0.25) is 4.79 Å². The maximum Gasteiger partial charge on any atom is 0.308 e. The van der Waals surface area contributed by atoms with Gasteiger partial charge in [0, 0.05) is 6.92 Å². The van der Waals surface area contributed by atoms with Crippen LogP contribution in [-0.4, -0.2) is 5.97 Å². The second-order valence-corrected chi connectivity index (χ2v) is 3.05. The third-order valence-electron chi connectivity index (χ3n) is 1.25. The van der Waals surface area contributed by atoms with Crippen LogP contribution in [0.1, 0.15) is 6.92 Å². The molecule has 0 aliphatic carbocycles. The number of hydrogen-bond acceptors (Lipinski definition) is 2. The fraction of sp³-hybridized carbons (Fsp3) is 0.125. The first-order chi connectivity index (χ1) is 6.02. The Morgan fingerprint density at radius 3 is 2.62 bits per heavy atom. The maximum absolute atomic E-state index is 13.0. The molecule has 1 aromatic carbocycles. The van der Waals surface area contributed by atoms with Gasteiger partial charge in [-0.2, -0.15) is 0 Å². The van der Waals surface area contributed by atoms with Gasteiger partial charge in [0.1, 0.15) is 5.02 Å². The largest absolute Gasteiger partial charge is 0.422 e. The van der Waals surface area contributed by atoms with Crippen LogP contribution < -0.4 is 4.74 Å². The molecule has 1 rings (SSSR count). The smallest absolute Gasteiger partial charge is 0.308 e. The van der Waals surface area contributed by atoms with Crippen molar-refractivity contribution in [2.24, 2.45) is 0 Å². The molecule has 13 heavy (non-hydrogen) atoms. The predicted molar refractivity (Wildman–Crippen MR) is 47.7 cm³/mol. The van der Waals surface area contributed by atoms with Gasteiger partial charge >= 0.3 is 5.97 Å². The molecule has 0 unspecified atom stereocenters. The van der Waals surface area contributed by atoms with Crippen molar-refractivity contribution in [3.05, 3.63) is 28.0 Å². The highest BCUT2D eigenvalue weighted by Gasteiger charge is 2.13. The van der Waals surface area contributed by atoms with Crippen LogP contribution >= 0.6 is 23.2 Å². The first-order valence-electron chi connectivity index (χ1n) is 3.34. The zero-order valence-electron chi connectivity index (χ0n) is 6.61. The average Bonchev–Trinajstić information content (AvgIpc) is 2.05. The molecular weight excluding hydrogens is 218 g/mol. The van der Waals surface area contributed by atoms with E-state index in [1.807, 2.05) is 0 Å². The topological polar surface area (TPSA) is 26.3 Å². The standard InChI is InChI=1S/C8H5Cl2FO2/c1-4(12)13-8-6(11)3-2-5(9)7(8)10/h2-3H,1H3. The molecule has 0 bridgehead atoms. The number of carbonyl (C=O) groups excluding carboxylic acids is 1. The summed E-state index contributed by atoms with van der Waals surface area (Å²) in [4.78, 5) is 10.5. The Bertz CT molecular complexity index is 352. The number of ether oxygens (including phenoxy) is 1. The Labute approximate surface area is 84.2 Å². The zero-order valence-corrected chi connectivity index (χ0v) is 8.12. The molecule has 0 saturated carbocycles. The van der Waals surface area contributed by atoms with Gasteiger partial charge in [0.05, 0.1) is 5.02 Å². The Balaban J connectivity index is 3.17. The van der Waals surface area contributed by atoms with E-state index in [1.54, 1.807) is 0 Å². The van der Waals surface area contributed by atoms with Crippen LogP contribution in [0.2, 0.25) is 10.0 Å². The van der Waals surface area contributed by atoms with Crippen molar-refractivity contribution in [3.63, 3.8) is 0 Å². The maximum atomic E-state index is 13.0. The van der Waals surface area contributed by atoms with Crippen molar-refractivity contribution in [2.45, 2.75) is 6.92 Å². The molecule has 70 valence electrons. The molecule has 0 fully saturated rings. The fourth-order valence-electron chi connectivity index (χ4n) is 0.746. The minimum Gasteiger partial charge on any atom is -0.422 e. The minimum atomic E-state index is -0.718. The first-order valence-corrected chi connectivity index (χ1v) is 4.10. The highest BCUT2D eigenvalue weighted by atomic mass is 35.5. The summed E-state index contributed by atoms with van der Waals surface area (Å²) in [6, 6.07) is 2.36. The van der Waals surface area contributed by atoms with Crippen LogP contribution in [0.3, 0.4) is 0 Å². The van der Waals surface area contributed by atoms with E-state index in [0.29, 0.717) is 0 Å². The van der Waals surface area contributed by atoms with Gasteiger partial charge in [-0.15, -0.1) is 0 Å². The van der Waals surface area contributed by atoms with E-state index in [-0.39, 0.29) is 15.8 Å². The number of esters is 1. The summed E-state index contributed by atoms with van der Waals surface area (Å²) in [5.41, 5.74) is 0. The molecule has 2 nitrogen and oxygen atoms in total. The first kappa shape index (κ1) is 10.3. The number of carbonyl (C=O) groups is 1. The minimum absolute atomic E-state index is 0.100. The summed E-state index contributed by atoms with van der Waals surface area (Å²) in [5, 5.41) is 0.0381. The van der Waals surface area contributed by atoms with E-state index in [4.69, 9.17) is 23.2 Å². The van der Waals surface area contributed by atoms with E-state index in [1.165, 1.54) is 6.07 Å². The molecule has 0 spiro atoms. The van der Waals surface area contributed by atoms with Gasteiger partial charge in [0.2, 0.25) is 0 Å². The van der Waals surface area contributed by atoms with Crippen molar-refractivity contribution >= 4 is 29.2 Å². The summed E-state index contributed by atoms with van der Waals surface area (Å²) in [6.07, 6.45) is 0. The van der Waals surface area contributed by atoms with Crippen LogP contribution in [0.25, 0.3) is 0 Å². The summed E-state index contributed by atoms with van der Waals surface area (Å²) < 4.78 is 17.5. The van der Waals surface area contributed by atoms with Crippen molar-refractivity contribution < 1.29 is 13.9 Å². The fourth-order valence-corrected chi connectivity index (χ4v) is 1.09. The van der Waals surface area contributed by atoms with Crippen molar-refractivity contribution in [1.29, 1.82) is 0 Å². The van der Waals surface area contributed by atoms with Gasteiger partial charge in [0.15, 0.2) is 11.6 Å². The lowest BCUT2D eigenvalue weighted by Crippen LogP contribution is -2.03. The molecule has 1 aromatic rings. The molecule has 0 heterocycles. The number of benzene rings is 1. The molecule has 0 amide bonds. The van der Waals surface area contributed by atoms with Crippen LogP contribution in [0.4, 0.5) is 4.39 Å². The number of hydrogen-bond donors (Lipinski definition) is 0. The summed E-state index contributed by atoms with van der Waals surface area (Å²) in [7, 11) is 0. The second-order valence-electron chi connectivity index (χ2n) is 2.27. The van der Waals surface area contributed by atoms with E-state index in [0.717, 1.165) is 13.0 Å². The van der Waals surface area contributed by atoms with E-state index in [9.17, 15) is 9.18 Å². The molecule has 0 aromatic heterocycles. The Morgan fingerprint density at radius 2 is 2.08 bits per heavy atom. The molecule has 0 atom stereocenters. The predicted octanol–water partition coefficient (Wildman–Crippen LogP) is 3.06. The molecule has 5 heteroatoms. The zero-order chi connectivity index (χ0) is 10.0. The average molecular weight is 223 g/mol. The molecule has 0 aliphatic rings. The van der Waals surface area contributed by atoms with Gasteiger partial charge in [-0.05, 0) is 12.1 Å². The highest BCUT2D eigenvalue weighted by molar-refractivity contribution is 6.43. The van der Waals surface area contributed by atoms with E-state index >= 15 is 0 Å². The van der Waals surface area contributed by atoms with Crippen LogP contribution in [-0.2, 0) is 4.79 Å². The number of rotatable bonds is 1. The Kier molecular flexibility index (Phi) is 3.12. The normalized spacial score (nSPS) is 9.85. The lowest BCUT2D eigenvalue weighted by molar-refractivity contribution is -0.132. The number of halogens is 3. The molecule has 0 saturated heterocycles. The van der Waals surface area contributed by atoms with Crippen molar-refractivity contribution in [1.82, 2.24) is 0 Å². The summed E-state index contributed by atoms with van der Waals surface area (Å²) in [5.74, 6) is -1.70. The highest BCUT2D eigenvalue weighted by Crippen LogP contribution is 2.34. The van der Waals surface area contributed by atoms with Crippen LogP contribution in [0.15, 0.2) is 12.1 Å². The third-order valence-corrected chi connectivity index (χ3v) is 2.03. The van der Waals surface area contributed by atoms with Crippen molar-refractivity contribution in [3.8, 4) is 5.75 Å². The Morgan fingerprint density at radius 1 is 1.46 bits per heavy atom. The quantitative estimate of drug-likeness (QED) is 0.415. The van der Waals surface area contributed by atoms with Gasteiger partial charge in [0.25, 0.3) is 0 Å². The van der Waals surface area contributed by atoms with Crippen LogP contribution in [0, 0.1) is 5.82 Å². The molecule has 0 N–H and O–H groups in total. The lowest BCUT2D eigenvalue weighted by atomic mass is 10.3. The van der Waals surface area contributed by atoms with Gasteiger partial charge in [-0.1, -0.05) is 23.2 Å². The van der Waals surface area contributed by atoms with Crippen molar-refractivity contribution in [2.75, 3.05) is 0 Å². The summed E-state index contributed by atoms with van der Waals surface area (Å²) in [6.45, 7) is 1.15. The molecular formula is C8H5Cl2FO2. The SMILES string of the molecule is CC(=O)Oc1c(F)ccc(Cl)c1Cl. The van der Waals surface area contributed by atoms with Gasteiger partial charge < -0.3 is 4.74 Å². The molecule has 0 aliphatic heterocycles. The van der Waals surface area contributed by atoms with Gasteiger partial charge in [-0.25, -0.2) is 4.39 Å². The monoisotopic (exact) mass is 222 g/mol. The lowest BCUT2D eigenvalue weighted by Gasteiger charge is -2.05. The van der Waals surface area contributed by atoms with Crippen LogP contribution in [0.5, 0.6) is 5.75 Å². The van der Waals surface area contributed by atoms with E-state index in [2.05, 4.69) is 4.74 Å². The molecule has 0 radical (unpaired) electrons.